The highest BCUT2D eigenvalue weighted by molar-refractivity contribution is 5.78. The first-order valence-electron chi connectivity index (χ1n) is 7.55. The van der Waals surface area contributed by atoms with Crippen LogP contribution in [0.25, 0.3) is 0 Å². The molecule has 118 valence electrons. The maximum Gasteiger partial charge on any atom is 0.189 e. The predicted octanol–water partition coefficient (Wildman–Crippen LogP) is 3.38. The molecule has 0 saturated heterocycles. The van der Waals surface area contributed by atoms with Gasteiger partial charge >= 0.3 is 0 Å². The van der Waals surface area contributed by atoms with Gasteiger partial charge in [-0.05, 0) is 52.7 Å². The van der Waals surface area contributed by atoms with E-state index in [9.17, 15) is 0 Å². The molecule has 1 aromatic rings. The Bertz CT molecular complexity index is 489. The third-order valence-corrected chi connectivity index (χ3v) is 3.05. The number of aliphatic imine (C=N–C) groups is 1. The van der Waals surface area contributed by atoms with Crippen LogP contribution >= 0.6 is 0 Å². The highest BCUT2D eigenvalue weighted by Gasteiger charge is 2.11. The van der Waals surface area contributed by atoms with Crippen LogP contribution in [0.1, 0.15) is 52.2 Å². The molecule has 0 aliphatic carbocycles. The number of hydrogen-bond acceptors (Lipinski definition) is 2. The lowest BCUT2D eigenvalue weighted by molar-refractivity contribution is 0.215. The Kier molecular flexibility index (Phi) is 6.06. The first kappa shape index (κ1) is 17.3. The van der Waals surface area contributed by atoms with Gasteiger partial charge in [-0.25, -0.2) is 4.99 Å². The van der Waals surface area contributed by atoms with Crippen LogP contribution in [0.3, 0.4) is 0 Å². The van der Waals surface area contributed by atoms with Crippen LogP contribution in [0.2, 0.25) is 0 Å². The largest absolute Gasteiger partial charge is 0.490 e. The number of nitrogens with one attached hydrogen (secondary N) is 1. The molecule has 0 fully saturated rings. The van der Waals surface area contributed by atoms with Crippen molar-refractivity contribution in [3.05, 3.63) is 29.3 Å². The van der Waals surface area contributed by atoms with E-state index >= 15 is 0 Å². The third kappa shape index (κ3) is 6.52. The first-order chi connectivity index (χ1) is 9.71. The maximum absolute atomic E-state index is 5.98. The molecule has 0 aliphatic heterocycles. The minimum atomic E-state index is -0.0864. The second-order valence-corrected chi connectivity index (χ2v) is 6.52. The fourth-order valence-electron chi connectivity index (χ4n) is 1.80. The van der Waals surface area contributed by atoms with Crippen LogP contribution in [0.4, 0.5) is 0 Å². The molecule has 0 spiro atoms. The van der Waals surface area contributed by atoms with E-state index in [1.54, 1.807) is 0 Å². The number of ether oxygens (including phenoxy) is 1. The van der Waals surface area contributed by atoms with Gasteiger partial charge in [0.25, 0.3) is 0 Å². The Hall–Kier alpha value is -1.71. The molecular formula is C17H29N3O. The quantitative estimate of drug-likeness (QED) is 0.646. The number of nitrogens with two attached hydrogens (primary N) is 1. The Labute approximate surface area is 128 Å². The Morgan fingerprint density at radius 3 is 2.62 bits per heavy atom. The number of nitrogens with zero attached hydrogens (tertiary/aromatic N) is 1. The van der Waals surface area contributed by atoms with Crippen LogP contribution in [-0.2, 0) is 6.54 Å². The first-order valence-corrected chi connectivity index (χ1v) is 7.55. The van der Waals surface area contributed by atoms with E-state index in [4.69, 9.17) is 10.5 Å². The molecule has 0 heterocycles. The van der Waals surface area contributed by atoms with Gasteiger partial charge in [-0.2, -0.15) is 0 Å². The fourth-order valence-corrected chi connectivity index (χ4v) is 1.80. The lowest BCUT2D eigenvalue weighted by atomic mass is 10.1. The molecule has 4 nitrogen and oxygen atoms in total. The molecule has 1 aromatic carbocycles. The molecule has 1 rings (SSSR count). The van der Waals surface area contributed by atoms with E-state index in [1.165, 1.54) is 5.56 Å². The Morgan fingerprint density at radius 2 is 2.05 bits per heavy atom. The van der Waals surface area contributed by atoms with Gasteiger partial charge < -0.3 is 15.8 Å². The highest BCUT2D eigenvalue weighted by atomic mass is 16.5. The average Bonchev–Trinajstić information content (AvgIpc) is 2.35. The summed E-state index contributed by atoms with van der Waals surface area (Å²) in [7, 11) is 0. The van der Waals surface area contributed by atoms with Crippen LogP contribution in [0.5, 0.6) is 5.75 Å². The second kappa shape index (κ2) is 7.34. The second-order valence-electron chi connectivity index (χ2n) is 6.52. The minimum Gasteiger partial charge on any atom is -0.490 e. The zero-order valence-electron chi connectivity index (χ0n) is 14.2. The summed E-state index contributed by atoms with van der Waals surface area (Å²) < 4.78 is 5.98. The fraction of sp³-hybridized carbons (Fsp3) is 0.588. The molecule has 0 aliphatic rings. The summed E-state index contributed by atoms with van der Waals surface area (Å²) in [6.07, 6.45) is 1.17. The molecule has 0 radical (unpaired) electrons. The summed E-state index contributed by atoms with van der Waals surface area (Å²) in [5.74, 6) is 1.36. The van der Waals surface area contributed by atoms with E-state index < -0.39 is 0 Å². The molecule has 0 saturated carbocycles. The monoisotopic (exact) mass is 291 g/mol. The van der Waals surface area contributed by atoms with Gasteiger partial charge in [-0.3, -0.25) is 0 Å². The van der Waals surface area contributed by atoms with E-state index in [0.29, 0.717) is 12.5 Å². The summed E-state index contributed by atoms with van der Waals surface area (Å²) in [5, 5.41) is 3.16. The predicted molar refractivity (Wildman–Crippen MR) is 89.8 cm³/mol. The number of hydrogen-bond donors (Lipinski definition) is 2. The zero-order valence-corrected chi connectivity index (χ0v) is 14.2. The van der Waals surface area contributed by atoms with Crippen molar-refractivity contribution in [2.75, 3.05) is 0 Å². The van der Waals surface area contributed by atoms with E-state index in [-0.39, 0.29) is 11.6 Å². The topological polar surface area (TPSA) is 59.6 Å². The van der Waals surface area contributed by atoms with Crippen LogP contribution < -0.4 is 15.8 Å². The van der Waals surface area contributed by atoms with Crippen molar-refractivity contribution >= 4 is 5.96 Å². The van der Waals surface area contributed by atoms with Crippen molar-refractivity contribution in [3.63, 3.8) is 0 Å². The SMILES string of the molecule is CCC(C)Oc1cc(C)ccc1CN=C(N)NC(C)(C)C. The van der Waals surface area contributed by atoms with Crippen molar-refractivity contribution < 1.29 is 4.74 Å². The number of rotatable bonds is 5. The number of benzene rings is 1. The van der Waals surface area contributed by atoms with Crippen LogP contribution in [0, 0.1) is 6.92 Å². The van der Waals surface area contributed by atoms with Crippen molar-refractivity contribution in [2.24, 2.45) is 10.7 Å². The molecule has 1 atom stereocenters. The summed E-state index contributed by atoms with van der Waals surface area (Å²) >= 11 is 0. The summed E-state index contributed by atoms with van der Waals surface area (Å²) in [6, 6.07) is 6.19. The average molecular weight is 291 g/mol. The molecule has 0 bridgehead atoms. The van der Waals surface area contributed by atoms with Crippen LogP contribution in [0.15, 0.2) is 23.2 Å². The van der Waals surface area contributed by atoms with Crippen molar-refractivity contribution in [1.82, 2.24) is 5.32 Å². The summed E-state index contributed by atoms with van der Waals surface area (Å²) in [4.78, 5) is 4.41. The Balaban J connectivity index is 2.85. The molecule has 1 unspecified atom stereocenters. The molecule has 0 amide bonds. The van der Waals surface area contributed by atoms with E-state index in [1.807, 2.05) is 0 Å². The molecule has 4 heteroatoms. The van der Waals surface area contributed by atoms with Gasteiger partial charge in [0.05, 0.1) is 12.6 Å². The molecule has 21 heavy (non-hydrogen) atoms. The summed E-state index contributed by atoms with van der Waals surface area (Å²) in [6.45, 7) is 12.9. The minimum absolute atomic E-state index is 0.0864. The maximum atomic E-state index is 5.98. The van der Waals surface area contributed by atoms with Crippen molar-refractivity contribution in [1.29, 1.82) is 0 Å². The standard InChI is InChI=1S/C17H29N3O/c1-7-13(3)21-15-10-12(2)8-9-14(15)11-19-16(18)20-17(4,5)6/h8-10,13H,7,11H2,1-6H3,(H3,18,19,20). The zero-order chi connectivity index (χ0) is 16.0. The van der Waals surface area contributed by atoms with Gasteiger partial charge in [0, 0.05) is 11.1 Å². The third-order valence-electron chi connectivity index (χ3n) is 3.05. The van der Waals surface area contributed by atoms with Gasteiger partial charge in [0.15, 0.2) is 5.96 Å². The molecule has 0 aromatic heterocycles. The van der Waals surface area contributed by atoms with Gasteiger partial charge in [0.1, 0.15) is 5.75 Å². The van der Waals surface area contributed by atoms with E-state index in [0.717, 1.165) is 17.7 Å². The van der Waals surface area contributed by atoms with Gasteiger partial charge in [0.2, 0.25) is 0 Å². The normalized spacial score (nSPS) is 13.9. The van der Waals surface area contributed by atoms with Crippen LogP contribution in [-0.4, -0.2) is 17.6 Å². The van der Waals surface area contributed by atoms with Crippen molar-refractivity contribution in [2.45, 2.75) is 66.2 Å². The smallest absolute Gasteiger partial charge is 0.189 e. The molecular weight excluding hydrogens is 262 g/mol. The lowest BCUT2D eigenvalue weighted by Crippen LogP contribution is -2.44. The van der Waals surface area contributed by atoms with Gasteiger partial charge in [-0.1, -0.05) is 19.1 Å². The number of guanidine groups is 1. The molecule has 3 N–H and O–H groups in total. The highest BCUT2D eigenvalue weighted by Crippen LogP contribution is 2.23. The summed E-state index contributed by atoms with van der Waals surface area (Å²) in [5.41, 5.74) is 8.06. The van der Waals surface area contributed by atoms with E-state index in [2.05, 4.69) is 70.1 Å². The van der Waals surface area contributed by atoms with Crippen molar-refractivity contribution in [3.8, 4) is 5.75 Å². The Morgan fingerprint density at radius 1 is 1.38 bits per heavy atom. The van der Waals surface area contributed by atoms with Gasteiger partial charge in [-0.15, -0.1) is 0 Å². The lowest BCUT2D eigenvalue weighted by Gasteiger charge is -2.21. The number of aryl methyl sites for hydroxylation is 1.